The number of imide groups is 1. The van der Waals surface area contributed by atoms with E-state index >= 15 is 0 Å². The van der Waals surface area contributed by atoms with Gasteiger partial charge in [0.1, 0.15) is 5.50 Å². The van der Waals surface area contributed by atoms with Gasteiger partial charge in [-0.25, -0.2) is 4.90 Å². The zero-order valence-electron chi connectivity index (χ0n) is 8.67. The van der Waals surface area contributed by atoms with Crippen LogP contribution in [0.2, 0.25) is 0 Å². The third kappa shape index (κ3) is 1.49. The SMILES string of the molecule is O=C1CNC(N2C(=O)c3ccccc3C2=O)S1. The fourth-order valence-corrected chi connectivity index (χ4v) is 2.82. The molecule has 0 bridgehead atoms. The van der Waals surface area contributed by atoms with Crippen LogP contribution in [0.3, 0.4) is 0 Å². The second-order valence-corrected chi connectivity index (χ2v) is 4.89. The maximum absolute atomic E-state index is 12.0. The monoisotopic (exact) mass is 248 g/mol. The zero-order chi connectivity index (χ0) is 12.0. The summed E-state index contributed by atoms with van der Waals surface area (Å²) in [6, 6.07) is 6.68. The number of hydrogen-bond donors (Lipinski definition) is 1. The van der Waals surface area contributed by atoms with E-state index in [1.807, 2.05) is 0 Å². The summed E-state index contributed by atoms with van der Waals surface area (Å²) in [5, 5.41) is 2.78. The first kappa shape index (κ1) is 10.5. The minimum Gasteiger partial charge on any atom is -0.286 e. The van der Waals surface area contributed by atoms with Crippen LogP contribution in [0.15, 0.2) is 24.3 Å². The number of thioether (sulfide) groups is 1. The van der Waals surface area contributed by atoms with E-state index in [9.17, 15) is 14.4 Å². The summed E-state index contributed by atoms with van der Waals surface area (Å²) in [5.41, 5.74) is 0.230. The molecule has 1 unspecified atom stereocenters. The standard InChI is InChI=1S/C11H8N2O3S/c14-8-5-12-11(17-8)13-9(15)6-3-1-2-4-7(6)10(13)16/h1-4,11-12H,5H2. The van der Waals surface area contributed by atoms with Crippen molar-refractivity contribution in [2.75, 3.05) is 6.54 Å². The Morgan fingerprint density at radius 3 is 2.18 bits per heavy atom. The number of nitrogens with one attached hydrogen (secondary N) is 1. The molecule has 5 nitrogen and oxygen atoms in total. The third-order valence-electron chi connectivity index (χ3n) is 2.72. The Balaban J connectivity index is 1.98. The van der Waals surface area contributed by atoms with E-state index in [-0.39, 0.29) is 23.5 Å². The maximum Gasteiger partial charge on any atom is 0.263 e. The molecule has 0 spiro atoms. The van der Waals surface area contributed by atoms with Crippen molar-refractivity contribution in [3.63, 3.8) is 0 Å². The van der Waals surface area contributed by atoms with Crippen molar-refractivity contribution >= 4 is 28.7 Å². The molecule has 0 aliphatic carbocycles. The van der Waals surface area contributed by atoms with Gasteiger partial charge in [-0.2, -0.15) is 0 Å². The molecule has 2 aliphatic rings. The lowest BCUT2D eigenvalue weighted by molar-refractivity contribution is -0.109. The van der Waals surface area contributed by atoms with Crippen LogP contribution in [-0.2, 0) is 4.79 Å². The lowest BCUT2D eigenvalue weighted by Gasteiger charge is -2.19. The molecule has 17 heavy (non-hydrogen) atoms. The molecule has 1 aromatic rings. The first-order valence-corrected chi connectivity index (χ1v) is 5.96. The van der Waals surface area contributed by atoms with E-state index < -0.39 is 5.50 Å². The Labute approximate surface area is 101 Å². The first-order chi connectivity index (χ1) is 8.18. The number of carbonyl (C=O) groups is 3. The lowest BCUT2D eigenvalue weighted by Crippen LogP contribution is -2.43. The summed E-state index contributed by atoms with van der Waals surface area (Å²) in [6.07, 6.45) is 0. The largest absolute Gasteiger partial charge is 0.286 e. The summed E-state index contributed by atoms with van der Waals surface area (Å²) in [5.74, 6) is -0.685. The highest BCUT2D eigenvalue weighted by Gasteiger charge is 2.42. The second-order valence-electron chi connectivity index (χ2n) is 3.75. The molecular weight excluding hydrogens is 240 g/mol. The molecule has 1 atom stereocenters. The van der Waals surface area contributed by atoms with Gasteiger partial charge in [0.05, 0.1) is 17.7 Å². The van der Waals surface area contributed by atoms with Crippen LogP contribution in [0.25, 0.3) is 0 Å². The molecule has 1 aromatic carbocycles. The van der Waals surface area contributed by atoms with E-state index in [4.69, 9.17) is 0 Å². The van der Waals surface area contributed by atoms with Gasteiger partial charge < -0.3 is 0 Å². The quantitative estimate of drug-likeness (QED) is 0.730. The van der Waals surface area contributed by atoms with E-state index in [0.717, 1.165) is 16.7 Å². The molecule has 1 N–H and O–H groups in total. The second kappa shape index (κ2) is 3.68. The van der Waals surface area contributed by atoms with Crippen LogP contribution in [0, 0.1) is 0 Å². The summed E-state index contributed by atoms with van der Waals surface area (Å²) in [4.78, 5) is 36.3. The van der Waals surface area contributed by atoms with E-state index in [0.29, 0.717) is 11.1 Å². The smallest absolute Gasteiger partial charge is 0.263 e. The van der Waals surface area contributed by atoms with Crippen molar-refractivity contribution < 1.29 is 14.4 Å². The molecule has 0 saturated carbocycles. The van der Waals surface area contributed by atoms with Crippen LogP contribution < -0.4 is 5.32 Å². The molecule has 6 heteroatoms. The van der Waals surface area contributed by atoms with Gasteiger partial charge in [-0.3, -0.25) is 19.7 Å². The zero-order valence-corrected chi connectivity index (χ0v) is 9.49. The molecule has 3 rings (SSSR count). The Morgan fingerprint density at radius 1 is 1.12 bits per heavy atom. The molecule has 0 aromatic heterocycles. The van der Waals surface area contributed by atoms with Gasteiger partial charge >= 0.3 is 0 Å². The topological polar surface area (TPSA) is 66.5 Å². The molecule has 2 heterocycles. The summed E-state index contributed by atoms with van der Waals surface area (Å²) >= 11 is 0.975. The van der Waals surface area contributed by atoms with Crippen LogP contribution in [-0.4, -0.2) is 33.9 Å². The van der Waals surface area contributed by atoms with Gasteiger partial charge in [0.2, 0.25) is 5.12 Å². The number of fused-ring (bicyclic) bond motifs is 1. The van der Waals surface area contributed by atoms with Gasteiger partial charge in [0.15, 0.2) is 0 Å². The number of benzene rings is 1. The molecule has 86 valence electrons. The van der Waals surface area contributed by atoms with Crippen molar-refractivity contribution in [1.29, 1.82) is 0 Å². The van der Waals surface area contributed by atoms with E-state index in [1.165, 1.54) is 0 Å². The van der Waals surface area contributed by atoms with Gasteiger partial charge in [0.25, 0.3) is 11.8 Å². The molecule has 0 radical (unpaired) electrons. The fourth-order valence-electron chi connectivity index (χ4n) is 1.94. The normalized spacial score (nSPS) is 23.4. The Bertz CT molecular complexity index is 508. The van der Waals surface area contributed by atoms with E-state index in [2.05, 4.69) is 5.32 Å². The van der Waals surface area contributed by atoms with Crippen molar-refractivity contribution in [3.8, 4) is 0 Å². The Hall–Kier alpha value is -1.66. The molecular formula is C11H8N2O3S. The molecule has 1 fully saturated rings. The number of nitrogens with zero attached hydrogens (tertiary/aromatic N) is 1. The fraction of sp³-hybridized carbons (Fsp3) is 0.182. The van der Waals surface area contributed by atoms with Gasteiger partial charge in [-0.05, 0) is 23.9 Å². The van der Waals surface area contributed by atoms with Crippen molar-refractivity contribution in [3.05, 3.63) is 35.4 Å². The highest BCUT2D eigenvalue weighted by atomic mass is 32.2. The Kier molecular flexibility index (Phi) is 2.27. The van der Waals surface area contributed by atoms with Crippen molar-refractivity contribution in [1.82, 2.24) is 10.2 Å². The molecule has 2 aliphatic heterocycles. The maximum atomic E-state index is 12.0. The van der Waals surface area contributed by atoms with Crippen LogP contribution in [0.5, 0.6) is 0 Å². The van der Waals surface area contributed by atoms with Gasteiger partial charge in [-0.1, -0.05) is 12.1 Å². The molecule has 1 saturated heterocycles. The average molecular weight is 248 g/mol. The molecule has 2 amide bonds. The average Bonchev–Trinajstić information content (AvgIpc) is 2.84. The minimum absolute atomic E-state index is 0.0634. The number of hydrogen-bond acceptors (Lipinski definition) is 5. The first-order valence-electron chi connectivity index (χ1n) is 5.08. The van der Waals surface area contributed by atoms with Crippen LogP contribution in [0.1, 0.15) is 20.7 Å². The number of carbonyl (C=O) groups excluding carboxylic acids is 3. The highest BCUT2D eigenvalue weighted by molar-refractivity contribution is 8.14. The van der Waals surface area contributed by atoms with Crippen molar-refractivity contribution in [2.24, 2.45) is 0 Å². The number of amides is 2. The Morgan fingerprint density at radius 2 is 1.71 bits per heavy atom. The number of rotatable bonds is 1. The predicted molar refractivity (Wildman–Crippen MR) is 61.3 cm³/mol. The highest BCUT2D eigenvalue weighted by Crippen LogP contribution is 2.29. The minimum atomic E-state index is -0.574. The van der Waals surface area contributed by atoms with Crippen LogP contribution >= 0.6 is 11.8 Å². The predicted octanol–water partition coefficient (Wildman–Crippen LogP) is 0.429. The van der Waals surface area contributed by atoms with Crippen LogP contribution in [0.4, 0.5) is 0 Å². The van der Waals surface area contributed by atoms with E-state index in [1.54, 1.807) is 24.3 Å². The third-order valence-corrected chi connectivity index (χ3v) is 3.73. The summed E-state index contributed by atoms with van der Waals surface area (Å²) < 4.78 is 0. The summed E-state index contributed by atoms with van der Waals surface area (Å²) in [7, 11) is 0. The van der Waals surface area contributed by atoms with Gasteiger partial charge in [0, 0.05) is 0 Å². The lowest BCUT2D eigenvalue weighted by atomic mass is 10.1. The van der Waals surface area contributed by atoms with Gasteiger partial charge in [-0.15, -0.1) is 0 Å². The van der Waals surface area contributed by atoms with Crippen molar-refractivity contribution in [2.45, 2.75) is 5.50 Å². The summed E-state index contributed by atoms with van der Waals surface area (Å²) in [6.45, 7) is 0.183.